The Morgan fingerprint density at radius 3 is 2.42 bits per heavy atom. The van der Waals surface area contributed by atoms with Crippen molar-refractivity contribution in [1.29, 1.82) is 5.26 Å². The summed E-state index contributed by atoms with van der Waals surface area (Å²) in [5.41, 5.74) is 9.55. The van der Waals surface area contributed by atoms with Gasteiger partial charge in [-0.3, -0.25) is 9.69 Å². The number of carbonyl (C=O) groups excluding carboxylic acids is 1. The molecule has 43 heavy (non-hydrogen) atoms. The van der Waals surface area contributed by atoms with Gasteiger partial charge in [0.05, 0.1) is 23.1 Å². The average molecular weight is 590 g/mol. The van der Waals surface area contributed by atoms with Crippen LogP contribution in [0.25, 0.3) is 0 Å². The number of hydrogen-bond acceptors (Lipinski definition) is 5. The molecular weight excluding hydrogens is 558 g/mol. The number of allylic oxidation sites excluding steroid dienone is 3. The molecule has 2 aliphatic rings. The van der Waals surface area contributed by atoms with E-state index in [1.165, 1.54) is 41.3 Å². The van der Waals surface area contributed by atoms with Gasteiger partial charge < -0.3 is 10.5 Å². The van der Waals surface area contributed by atoms with E-state index in [0.717, 1.165) is 28.8 Å². The summed E-state index contributed by atoms with van der Waals surface area (Å²) in [6.07, 6.45) is -4.01. The molecule has 1 aliphatic carbocycles. The van der Waals surface area contributed by atoms with E-state index in [-0.39, 0.29) is 41.7 Å². The molecule has 5 nitrogen and oxygen atoms in total. The van der Waals surface area contributed by atoms with Crippen LogP contribution in [0.2, 0.25) is 0 Å². The van der Waals surface area contributed by atoms with E-state index in [4.69, 9.17) is 10.5 Å². The number of benzene rings is 3. The first-order chi connectivity index (χ1) is 20.2. The molecule has 0 spiro atoms. The Bertz CT molecular complexity index is 1710. The van der Waals surface area contributed by atoms with Gasteiger partial charge in [0.15, 0.2) is 5.78 Å². The quantitative estimate of drug-likeness (QED) is 0.305. The fourth-order valence-electron chi connectivity index (χ4n) is 6.04. The second kappa shape index (κ2) is 10.9. The number of nitrogens with two attached hydrogens (primary N) is 1. The summed E-state index contributed by atoms with van der Waals surface area (Å²) in [5.74, 6) is -0.903. The number of rotatable bonds is 5. The van der Waals surface area contributed by atoms with Crippen LogP contribution in [0.3, 0.4) is 0 Å². The smallest absolute Gasteiger partial charge is 0.416 e. The maximum absolute atomic E-state index is 13.9. The van der Waals surface area contributed by atoms with Gasteiger partial charge in [0.25, 0.3) is 0 Å². The highest BCUT2D eigenvalue weighted by Crippen LogP contribution is 2.51. The van der Waals surface area contributed by atoms with Gasteiger partial charge in [0.1, 0.15) is 24.0 Å². The molecule has 0 radical (unpaired) electrons. The van der Waals surface area contributed by atoms with Crippen LogP contribution >= 0.6 is 0 Å². The van der Waals surface area contributed by atoms with Gasteiger partial charge in [0.2, 0.25) is 0 Å². The lowest BCUT2D eigenvalue weighted by Crippen LogP contribution is -2.42. The maximum Gasteiger partial charge on any atom is 0.416 e. The fourth-order valence-corrected chi connectivity index (χ4v) is 6.04. The lowest BCUT2D eigenvalue weighted by Gasteiger charge is -2.44. The van der Waals surface area contributed by atoms with E-state index in [1.54, 1.807) is 0 Å². The predicted molar refractivity (Wildman–Crippen MR) is 155 cm³/mol. The van der Waals surface area contributed by atoms with Crippen molar-refractivity contribution >= 4 is 11.5 Å². The van der Waals surface area contributed by atoms with Gasteiger partial charge >= 0.3 is 6.18 Å². The number of Topliss-reactive ketones (excluding diaryl/α,β-unsaturated/α-hetero) is 1. The number of nitrogens with zero attached hydrogens (tertiary/aromatic N) is 2. The predicted octanol–water partition coefficient (Wildman–Crippen LogP) is 7.98. The first-order valence-corrected chi connectivity index (χ1v) is 13.8. The van der Waals surface area contributed by atoms with Crippen molar-refractivity contribution in [1.82, 2.24) is 0 Å². The molecule has 3 aromatic rings. The summed E-state index contributed by atoms with van der Waals surface area (Å²) < 4.78 is 60.3. The van der Waals surface area contributed by atoms with Gasteiger partial charge in [0, 0.05) is 23.4 Å². The van der Waals surface area contributed by atoms with E-state index in [2.05, 4.69) is 6.07 Å². The molecule has 0 saturated heterocycles. The fraction of sp³-hybridized carbons (Fsp3) is 0.294. The Kier molecular flexibility index (Phi) is 7.59. The zero-order valence-corrected chi connectivity index (χ0v) is 24.3. The van der Waals surface area contributed by atoms with Crippen LogP contribution in [0.5, 0.6) is 5.75 Å². The number of alkyl halides is 3. The lowest BCUT2D eigenvalue weighted by molar-refractivity contribution is -0.137. The molecule has 222 valence electrons. The van der Waals surface area contributed by atoms with E-state index in [0.29, 0.717) is 29.0 Å². The number of hydrogen-bond donors (Lipinski definition) is 1. The summed E-state index contributed by atoms with van der Waals surface area (Å²) in [6.45, 7) is 7.78. The van der Waals surface area contributed by atoms with Gasteiger partial charge in [-0.15, -0.1) is 0 Å². The summed E-state index contributed by atoms with van der Waals surface area (Å²) >= 11 is 0. The minimum Gasteiger partial charge on any atom is -0.489 e. The monoisotopic (exact) mass is 589 g/mol. The molecule has 0 saturated carbocycles. The van der Waals surface area contributed by atoms with Crippen LogP contribution in [-0.4, -0.2) is 5.78 Å². The molecular formula is C34H31F4N3O2. The molecule has 1 heterocycles. The molecule has 1 unspecified atom stereocenters. The van der Waals surface area contributed by atoms with Crippen LogP contribution in [0.1, 0.15) is 60.4 Å². The van der Waals surface area contributed by atoms with E-state index >= 15 is 0 Å². The van der Waals surface area contributed by atoms with Crippen molar-refractivity contribution < 1.29 is 27.1 Å². The number of anilines is 1. The highest BCUT2D eigenvalue weighted by atomic mass is 19.4. The maximum atomic E-state index is 13.9. The van der Waals surface area contributed by atoms with Crippen LogP contribution in [-0.2, 0) is 17.6 Å². The van der Waals surface area contributed by atoms with Crippen LogP contribution in [0, 0.1) is 36.4 Å². The average Bonchev–Trinajstić information content (AvgIpc) is 2.92. The Hall–Kier alpha value is -4.58. The number of halogens is 4. The Balaban J connectivity index is 1.68. The van der Waals surface area contributed by atoms with Gasteiger partial charge in [-0.1, -0.05) is 37.6 Å². The first-order valence-electron chi connectivity index (χ1n) is 13.8. The van der Waals surface area contributed by atoms with Gasteiger partial charge in [-0.2, -0.15) is 18.4 Å². The summed E-state index contributed by atoms with van der Waals surface area (Å²) in [4.78, 5) is 15.4. The van der Waals surface area contributed by atoms with Crippen molar-refractivity contribution in [2.45, 2.75) is 59.2 Å². The SMILES string of the molecule is Cc1cc(COc2ccc(F)cc2)c(C)c(C2C(C#N)=C(N)N(c3cccc(C(F)(F)F)c3)C3=C2C(=O)CC(C)(C)C3)c1. The lowest BCUT2D eigenvalue weighted by atomic mass is 9.68. The summed E-state index contributed by atoms with van der Waals surface area (Å²) in [5, 5.41) is 10.4. The number of ketones is 1. The van der Waals surface area contributed by atoms with Crippen molar-refractivity contribution in [2.24, 2.45) is 11.1 Å². The number of ether oxygens (including phenoxy) is 1. The molecule has 2 N–H and O–H groups in total. The third-order valence-electron chi connectivity index (χ3n) is 8.03. The largest absolute Gasteiger partial charge is 0.489 e. The number of aryl methyl sites for hydroxylation is 1. The van der Waals surface area contributed by atoms with Crippen molar-refractivity contribution in [3.8, 4) is 11.8 Å². The minimum atomic E-state index is -4.59. The molecule has 0 amide bonds. The van der Waals surface area contributed by atoms with E-state index < -0.39 is 23.1 Å². The topological polar surface area (TPSA) is 79.3 Å². The summed E-state index contributed by atoms with van der Waals surface area (Å²) in [6, 6.07) is 16.5. The third kappa shape index (κ3) is 5.74. The van der Waals surface area contributed by atoms with Crippen LogP contribution in [0.15, 0.2) is 83.3 Å². The van der Waals surface area contributed by atoms with Crippen molar-refractivity contribution in [2.75, 3.05) is 4.90 Å². The third-order valence-corrected chi connectivity index (χ3v) is 8.03. The molecule has 1 atom stereocenters. The van der Waals surface area contributed by atoms with Crippen molar-refractivity contribution in [3.63, 3.8) is 0 Å². The van der Waals surface area contributed by atoms with Gasteiger partial charge in [-0.05, 0) is 84.8 Å². The zero-order valence-electron chi connectivity index (χ0n) is 24.3. The van der Waals surface area contributed by atoms with Crippen LogP contribution < -0.4 is 15.4 Å². The first kappa shape index (κ1) is 29.9. The highest BCUT2D eigenvalue weighted by molar-refractivity contribution is 6.01. The molecule has 1 aliphatic heterocycles. The molecule has 0 aromatic heterocycles. The zero-order chi connectivity index (χ0) is 31.3. The van der Waals surface area contributed by atoms with E-state index in [9.17, 15) is 27.6 Å². The minimum absolute atomic E-state index is 0.0129. The summed E-state index contributed by atoms with van der Waals surface area (Å²) in [7, 11) is 0. The Morgan fingerprint density at radius 2 is 1.77 bits per heavy atom. The van der Waals surface area contributed by atoms with Crippen molar-refractivity contribution in [3.05, 3.63) is 117 Å². The number of nitriles is 1. The second-order valence-electron chi connectivity index (χ2n) is 11.9. The highest BCUT2D eigenvalue weighted by Gasteiger charge is 2.45. The Labute approximate surface area is 247 Å². The molecule has 0 fully saturated rings. The number of carbonyl (C=O) groups is 1. The normalized spacial score (nSPS) is 18.4. The molecule has 3 aromatic carbocycles. The molecule has 9 heteroatoms. The molecule has 5 rings (SSSR count). The van der Waals surface area contributed by atoms with E-state index in [1.807, 2.05) is 39.8 Å². The second-order valence-corrected chi connectivity index (χ2v) is 11.9. The standard InChI is InChI=1S/C34H31F4N3O2/c1-19-12-21(18-43-25-10-8-23(35)9-11-25)20(2)26(13-19)30-27(17-39)32(40)41(24-7-5-6-22(14-24)34(36,37)38)28-15-33(3,4)16-29(42)31(28)30/h5-14,30H,15-16,18,40H2,1-4H3. The van der Waals surface area contributed by atoms with Gasteiger partial charge in [-0.25, -0.2) is 4.39 Å². The molecule has 0 bridgehead atoms. The van der Waals surface area contributed by atoms with Crippen LogP contribution in [0.4, 0.5) is 23.2 Å². The Morgan fingerprint density at radius 1 is 1.07 bits per heavy atom.